The third kappa shape index (κ3) is 3.65. The van der Waals surface area contributed by atoms with Crippen LogP contribution in [-0.2, 0) is 0 Å². The monoisotopic (exact) mass is 261 g/mol. The maximum atomic E-state index is 5.53. The predicted molar refractivity (Wildman–Crippen MR) is 81.9 cm³/mol. The van der Waals surface area contributed by atoms with E-state index in [-0.39, 0.29) is 0 Å². The van der Waals surface area contributed by atoms with Crippen LogP contribution >= 0.6 is 0 Å². The number of nitrogens with one attached hydrogen (secondary N) is 1. The average Bonchev–Trinajstić information content (AvgIpc) is 2.37. The van der Waals surface area contributed by atoms with E-state index in [1.54, 1.807) is 0 Å². The summed E-state index contributed by atoms with van der Waals surface area (Å²) in [6.07, 6.45) is 3.92. The first-order chi connectivity index (χ1) is 9.10. The molecule has 0 aromatic heterocycles. The highest BCUT2D eigenvalue weighted by Gasteiger charge is 2.24. The molecule has 1 fully saturated rings. The average molecular weight is 261 g/mol. The lowest BCUT2D eigenvalue weighted by Gasteiger charge is -2.33. The second kappa shape index (κ2) is 6.31. The zero-order valence-electron chi connectivity index (χ0n) is 12.7. The first kappa shape index (κ1) is 14.2. The van der Waals surface area contributed by atoms with E-state index in [1.165, 1.54) is 30.5 Å². The van der Waals surface area contributed by atoms with Crippen LogP contribution < -0.4 is 10.1 Å². The Morgan fingerprint density at radius 2 is 2.00 bits per heavy atom. The number of aryl methyl sites for hydroxylation is 1. The molecule has 1 saturated carbocycles. The molecule has 0 heterocycles. The Morgan fingerprint density at radius 3 is 2.63 bits per heavy atom. The van der Waals surface area contributed by atoms with Crippen molar-refractivity contribution in [3.63, 3.8) is 0 Å². The van der Waals surface area contributed by atoms with Gasteiger partial charge in [0.1, 0.15) is 5.75 Å². The molecule has 2 heteroatoms. The Morgan fingerprint density at radius 1 is 1.21 bits per heavy atom. The van der Waals surface area contributed by atoms with Gasteiger partial charge in [-0.25, -0.2) is 0 Å². The van der Waals surface area contributed by atoms with Crippen LogP contribution in [0, 0.1) is 18.8 Å². The fraction of sp³-hybridized carbons (Fsp3) is 0.647. The van der Waals surface area contributed by atoms with Gasteiger partial charge in [0.2, 0.25) is 0 Å². The summed E-state index contributed by atoms with van der Waals surface area (Å²) in [5.41, 5.74) is 2.53. The molecule has 19 heavy (non-hydrogen) atoms. The summed E-state index contributed by atoms with van der Waals surface area (Å²) in [4.78, 5) is 0. The topological polar surface area (TPSA) is 21.3 Å². The van der Waals surface area contributed by atoms with Crippen molar-refractivity contribution in [2.24, 2.45) is 11.8 Å². The maximum absolute atomic E-state index is 5.53. The molecule has 2 rings (SSSR count). The summed E-state index contributed by atoms with van der Waals surface area (Å²) in [6, 6.07) is 6.97. The summed E-state index contributed by atoms with van der Waals surface area (Å²) in [5.74, 6) is 2.67. The van der Waals surface area contributed by atoms with Crippen molar-refractivity contribution in [2.75, 3.05) is 11.9 Å². The van der Waals surface area contributed by atoms with Crippen molar-refractivity contribution >= 4 is 5.69 Å². The van der Waals surface area contributed by atoms with Crippen LogP contribution in [0.15, 0.2) is 18.2 Å². The first-order valence-corrected chi connectivity index (χ1v) is 7.60. The van der Waals surface area contributed by atoms with Crippen molar-refractivity contribution in [3.8, 4) is 5.75 Å². The minimum absolute atomic E-state index is 0.628. The Kier molecular flexibility index (Phi) is 4.73. The normalized spacial score (nSPS) is 27.1. The molecule has 0 amide bonds. The van der Waals surface area contributed by atoms with Gasteiger partial charge in [-0.3, -0.25) is 0 Å². The van der Waals surface area contributed by atoms with E-state index in [9.17, 15) is 0 Å². The fourth-order valence-electron chi connectivity index (χ4n) is 2.95. The third-order valence-corrected chi connectivity index (χ3v) is 4.47. The highest BCUT2D eigenvalue weighted by molar-refractivity contribution is 5.54. The van der Waals surface area contributed by atoms with Gasteiger partial charge in [0, 0.05) is 11.7 Å². The smallest absolute Gasteiger partial charge is 0.119 e. The Bertz CT molecular complexity index is 416. The third-order valence-electron chi connectivity index (χ3n) is 4.47. The second-order valence-corrected chi connectivity index (χ2v) is 6.02. The number of hydrogen-bond acceptors (Lipinski definition) is 2. The minimum atomic E-state index is 0.628. The molecule has 0 spiro atoms. The van der Waals surface area contributed by atoms with Gasteiger partial charge in [0.05, 0.1) is 6.61 Å². The Hall–Kier alpha value is -1.18. The number of benzene rings is 1. The molecule has 0 radical (unpaired) electrons. The maximum Gasteiger partial charge on any atom is 0.119 e. The molecule has 3 unspecified atom stereocenters. The summed E-state index contributed by atoms with van der Waals surface area (Å²) in [7, 11) is 0. The van der Waals surface area contributed by atoms with Gasteiger partial charge in [-0.2, -0.15) is 0 Å². The van der Waals surface area contributed by atoms with Gasteiger partial charge < -0.3 is 10.1 Å². The molecule has 2 nitrogen and oxygen atoms in total. The first-order valence-electron chi connectivity index (χ1n) is 7.60. The van der Waals surface area contributed by atoms with Gasteiger partial charge in [-0.05, 0) is 68.7 Å². The molecule has 0 aliphatic heterocycles. The Balaban J connectivity index is 1.99. The van der Waals surface area contributed by atoms with Crippen LogP contribution in [0.1, 0.15) is 45.6 Å². The van der Waals surface area contributed by atoms with Crippen molar-refractivity contribution in [1.29, 1.82) is 0 Å². The lowest BCUT2D eigenvalue weighted by atomic mass is 9.79. The standard InChI is InChI=1S/C17H27NO/c1-5-19-16-8-9-17(14(4)11-16)18-15-7-6-12(2)13(3)10-15/h8-9,11-13,15,18H,5-7,10H2,1-4H3. The molecule has 3 atom stereocenters. The molecule has 1 aliphatic rings. The quantitative estimate of drug-likeness (QED) is 0.853. The van der Waals surface area contributed by atoms with E-state index in [0.717, 1.165) is 24.2 Å². The van der Waals surface area contributed by atoms with Crippen molar-refractivity contribution < 1.29 is 4.74 Å². The van der Waals surface area contributed by atoms with E-state index in [2.05, 4.69) is 44.3 Å². The molecule has 1 aromatic rings. The minimum Gasteiger partial charge on any atom is -0.494 e. The number of hydrogen-bond donors (Lipinski definition) is 1. The molecular weight excluding hydrogens is 234 g/mol. The van der Waals surface area contributed by atoms with Crippen molar-refractivity contribution in [2.45, 2.75) is 53.0 Å². The van der Waals surface area contributed by atoms with Crippen LogP contribution in [0.2, 0.25) is 0 Å². The molecule has 1 N–H and O–H groups in total. The molecular formula is C17H27NO. The predicted octanol–water partition coefficient (Wildman–Crippen LogP) is 4.63. The molecule has 0 saturated heterocycles. The highest BCUT2D eigenvalue weighted by Crippen LogP contribution is 2.32. The van der Waals surface area contributed by atoms with E-state index in [0.29, 0.717) is 6.04 Å². The molecule has 0 bridgehead atoms. The van der Waals surface area contributed by atoms with E-state index < -0.39 is 0 Å². The van der Waals surface area contributed by atoms with E-state index >= 15 is 0 Å². The van der Waals surface area contributed by atoms with Gasteiger partial charge >= 0.3 is 0 Å². The summed E-state index contributed by atoms with van der Waals surface area (Å²) in [5, 5.41) is 3.71. The van der Waals surface area contributed by atoms with Gasteiger partial charge in [-0.1, -0.05) is 13.8 Å². The Labute approximate surface area is 117 Å². The zero-order valence-corrected chi connectivity index (χ0v) is 12.7. The molecule has 1 aromatic carbocycles. The number of ether oxygens (including phenoxy) is 1. The molecule has 1 aliphatic carbocycles. The van der Waals surface area contributed by atoms with Crippen molar-refractivity contribution in [3.05, 3.63) is 23.8 Å². The zero-order chi connectivity index (χ0) is 13.8. The van der Waals surface area contributed by atoms with Crippen LogP contribution in [0.3, 0.4) is 0 Å². The van der Waals surface area contributed by atoms with Crippen LogP contribution in [0.4, 0.5) is 5.69 Å². The highest BCUT2D eigenvalue weighted by atomic mass is 16.5. The van der Waals surface area contributed by atoms with Gasteiger partial charge in [0.25, 0.3) is 0 Å². The second-order valence-electron chi connectivity index (χ2n) is 6.02. The fourth-order valence-corrected chi connectivity index (χ4v) is 2.95. The SMILES string of the molecule is CCOc1ccc(NC2CCC(C)C(C)C2)c(C)c1. The largest absolute Gasteiger partial charge is 0.494 e. The number of rotatable bonds is 4. The lowest BCUT2D eigenvalue weighted by molar-refractivity contribution is 0.261. The lowest BCUT2D eigenvalue weighted by Crippen LogP contribution is -2.30. The summed E-state index contributed by atoms with van der Waals surface area (Å²) >= 11 is 0. The number of anilines is 1. The summed E-state index contributed by atoms with van der Waals surface area (Å²) < 4.78 is 5.53. The summed E-state index contributed by atoms with van der Waals surface area (Å²) in [6.45, 7) is 9.66. The van der Waals surface area contributed by atoms with E-state index in [4.69, 9.17) is 4.74 Å². The van der Waals surface area contributed by atoms with Gasteiger partial charge in [0.15, 0.2) is 0 Å². The molecule has 106 valence electrons. The van der Waals surface area contributed by atoms with Crippen molar-refractivity contribution in [1.82, 2.24) is 0 Å². The van der Waals surface area contributed by atoms with E-state index in [1.807, 2.05) is 6.92 Å². The van der Waals surface area contributed by atoms with Crippen LogP contribution in [-0.4, -0.2) is 12.6 Å². The van der Waals surface area contributed by atoms with Crippen LogP contribution in [0.5, 0.6) is 5.75 Å². The van der Waals surface area contributed by atoms with Crippen LogP contribution in [0.25, 0.3) is 0 Å². The van der Waals surface area contributed by atoms with Gasteiger partial charge in [-0.15, -0.1) is 0 Å².